The van der Waals surface area contributed by atoms with E-state index in [0.717, 1.165) is 17.1 Å². The van der Waals surface area contributed by atoms with E-state index in [-0.39, 0.29) is 17.9 Å². The van der Waals surface area contributed by atoms with Gasteiger partial charge in [-0.3, -0.25) is 19.1 Å². The van der Waals surface area contributed by atoms with E-state index in [4.69, 9.17) is 4.52 Å². The van der Waals surface area contributed by atoms with Crippen molar-refractivity contribution >= 4 is 11.8 Å². The molecule has 3 rings (SSSR count). The van der Waals surface area contributed by atoms with Crippen LogP contribution >= 0.6 is 0 Å². The van der Waals surface area contributed by atoms with Gasteiger partial charge in [-0.25, -0.2) is 0 Å². The Balaban J connectivity index is 1.65. The van der Waals surface area contributed by atoms with Crippen LogP contribution in [-0.2, 0) is 4.79 Å². The zero-order chi connectivity index (χ0) is 20.4. The Morgan fingerprint density at radius 1 is 1.14 bits per heavy atom. The molecule has 1 N–H and O–H groups in total. The number of nitrogens with zero attached hydrogens (tertiary/aromatic N) is 4. The predicted octanol–water partition coefficient (Wildman–Crippen LogP) is 1.67. The van der Waals surface area contributed by atoms with Gasteiger partial charge in [0.15, 0.2) is 5.82 Å². The molecular weight excluding hydrogens is 358 g/mol. The molecule has 28 heavy (non-hydrogen) atoms. The number of hydrogen-bond acceptors (Lipinski definition) is 5. The first-order valence-corrected chi connectivity index (χ1v) is 9.70. The van der Waals surface area contributed by atoms with Crippen molar-refractivity contribution in [1.29, 1.82) is 0 Å². The van der Waals surface area contributed by atoms with Crippen LogP contribution in [0.3, 0.4) is 0 Å². The summed E-state index contributed by atoms with van der Waals surface area (Å²) in [4.78, 5) is 28.9. The highest BCUT2D eigenvalue weighted by Gasteiger charge is 2.26. The normalized spacial score (nSPS) is 15.3. The minimum Gasteiger partial charge on any atom is -0.360 e. The molecule has 2 aromatic heterocycles. The van der Waals surface area contributed by atoms with Crippen LogP contribution in [0.2, 0.25) is 0 Å². The van der Waals surface area contributed by atoms with Crippen LogP contribution in [0.4, 0.5) is 0 Å². The van der Waals surface area contributed by atoms with Crippen LogP contribution in [0.5, 0.6) is 0 Å². The number of carbonyl (C=O) groups is 2. The second-order valence-corrected chi connectivity index (χ2v) is 7.71. The van der Waals surface area contributed by atoms with Gasteiger partial charge in [0.1, 0.15) is 5.76 Å². The standard InChI is InChI=1S/C20H29N5O3/c1-13(2)21-19(26)12-23-6-8-24(9-7-23)20(27)17-10-14(3)25(16(17)5)18-11-15(4)28-22-18/h10-11,13H,6-9,12H2,1-5H3,(H,21,26). The molecule has 152 valence electrons. The summed E-state index contributed by atoms with van der Waals surface area (Å²) in [6, 6.07) is 3.90. The molecule has 0 bridgehead atoms. The van der Waals surface area contributed by atoms with Crippen LogP contribution in [0, 0.1) is 20.8 Å². The van der Waals surface area contributed by atoms with E-state index < -0.39 is 0 Å². The third-order valence-corrected chi connectivity index (χ3v) is 4.98. The number of rotatable bonds is 5. The van der Waals surface area contributed by atoms with Gasteiger partial charge in [-0.1, -0.05) is 5.16 Å². The molecule has 0 spiro atoms. The number of amides is 2. The number of aryl methyl sites for hydroxylation is 2. The summed E-state index contributed by atoms with van der Waals surface area (Å²) < 4.78 is 7.12. The van der Waals surface area contributed by atoms with E-state index in [1.165, 1.54) is 0 Å². The first kappa shape index (κ1) is 20.1. The van der Waals surface area contributed by atoms with E-state index in [0.29, 0.717) is 44.1 Å². The van der Waals surface area contributed by atoms with Crippen LogP contribution in [-0.4, -0.2) is 70.1 Å². The third kappa shape index (κ3) is 4.27. The molecule has 2 aromatic rings. The highest BCUT2D eigenvalue weighted by Crippen LogP contribution is 2.22. The minimum absolute atomic E-state index is 0.0193. The molecule has 2 amide bonds. The maximum absolute atomic E-state index is 13.1. The lowest BCUT2D eigenvalue weighted by Crippen LogP contribution is -2.51. The van der Waals surface area contributed by atoms with Gasteiger partial charge in [0.05, 0.1) is 12.1 Å². The number of hydrogen-bond donors (Lipinski definition) is 1. The van der Waals surface area contributed by atoms with Gasteiger partial charge >= 0.3 is 0 Å². The fraction of sp³-hybridized carbons (Fsp3) is 0.550. The summed E-state index contributed by atoms with van der Waals surface area (Å²) in [5, 5.41) is 6.98. The number of aromatic nitrogens is 2. The lowest BCUT2D eigenvalue weighted by atomic mass is 10.2. The minimum atomic E-state index is 0.0193. The van der Waals surface area contributed by atoms with E-state index in [9.17, 15) is 9.59 Å². The van der Waals surface area contributed by atoms with Gasteiger partial charge < -0.3 is 14.7 Å². The van der Waals surface area contributed by atoms with Crippen molar-refractivity contribution < 1.29 is 14.1 Å². The Hall–Kier alpha value is -2.61. The maximum Gasteiger partial charge on any atom is 0.255 e. The van der Waals surface area contributed by atoms with E-state index in [2.05, 4.69) is 15.4 Å². The zero-order valence-electron chi connectivity index (χ0n) is 17.3. The van der Waals surface area contributed by atoms with Gasteiger partial charge in [0.25, 0.3) is 5.91 Å². The molecule has 8 heteroatoms. The van der Waals surface area contributed by atoms with Crippen molar-refractivity contribution in [3.8, 4) is 5.82 Å². The summed E-state index contributed by atoms with van der Waals surface area (Å²) >= 11 is 0. The second-order valence-electron chi connectivity index (χ2n) is 7.71. The van der Waals surface area contributed by atoms with Crippen molar-refractivity contribution in [3.63, 3.8) is 0 Å². The van der Waals surface area contributed by atoms with E-state index in [1.807, 2.05) is 56.2 Å². The molecule has 3 heterocycles. The first-order chi connectivity index (χ1) is 13.3. The molecule has 1 aliphatic heterocycles. The summed E-state index contributed by atoms with van der Waals surface area (Å²) in [5.74, 6) is 1.47. The van der Waals surface area contributed by atoms with Crippen LogP contribution in [0.1, 0.15) is 41.4 Å². The maximum atomic E-state index is 13.1. The van der Waals surface area contributed by atoms with Crippen molar-refractivity contribution in [2.24, 2.45) is 0 Å². The Bertz CT molecular complexity index is 859. The number of carbonyl (C=O) groups excluding carboxylic acids is 2. The summed E-state index contributed by atoms with van der Waals surface area (Å²) in [6.07, 6.45) is 0. The summed E-state index contributed by atoms with van der Waals surface area (Å²) in [5.41, 5.74) is 2.48. The molecule has 1 fully saturated rings. The fourth-order valence-electron chi connectivity index (χ4n) is 3.64. The topological polar surface area (TPSA) is 83.6 Å². The molecular formula is C20H29N5O3. The Kier molecular flexibility index (Phi) is 5.88. The van der Waals surface area contributed by atoms with Gasteiger partial charge in [-0.05, 0) is 40.7 Å². The molecule has 0 atom stereocenters. The molecule has 8 nitrogen and oxygen atoms in total. The molecule has 1 saturated heterocycles. The Morgan fingerprint density at radius 2 is 1.82 bits per heavy atom. The SMILES string of the molecule is Cc1cc(-n2c(C)cc(C(=O)N3CCN(CC(=O)NC(C)C)CC3)c2C)no1. The van der Waals surface area contributed by atoms with Crippen LogP contribution in [0.25, 0.3) is 5.82 Å². The van der Waals surface area contributed by atoms with Crippen LogP contribution in [0.15, 0.2) is 16.7 Å². The largest absolute Gasteiger partial charge is 0.360 e. The van der Waals surface area contributed by atoms with Gasteiger partial charge in [0, 0.05) is 49.7 Å². The Morgan fingerprint density at radius 3 is 2.39 bits per heavy atom. The Labute approximate surface area is 165 Å². The number of nitrogens with one attached hydrogen (secondary N) is 1. The average molecular weight is 387 g/mol. The lowest BCUT2D eigenvalue weighted by molar-refractivity contribution is -0.123. The molecule has 0 saturated carbocycles. The molecule has 0 unspecified atom stereocenters. The smallest absolute Gasteiger partial charge is 0.255 e. The van der Waals surface area contributed by atoms with Crippen LogP contribution < -0.4 is 5.32 Å². The van der Waals surface area contributed by atoms with Gasteiger partial charge in [-0.2, -0.15) is 0 Å². The summed E-state index contributed by atoms with van der Waals surface area (Å²) in [6.45, 7) is 12.6. The average Bonchev–Trinajstić information content (AvgIpc) is 3.16. The fourth-order valence-corrected chi connectivity index (χ4v) is 3.64. The predicted molar refractivity (Wildman–Crippen MR) is 106 cm³/mol. The van der Waals surface area contributed by atoms with Gasteiger partial charge in [0.2, 0.25) is 5.91 Å². The highest BCUT2D eigenvalue weighted by atomic mass is 16.5. The molecule has 0 radical (unpaired) electrons. The first-order valence-electron chi connectivity index (χ1n) is 9.70. The van der Waals surface area contributed by atoms with E-state index >= 15 is 0 Å². The molecule has 0 aromatic carbocycles. The molecule has 1 aliphatic rings. The third-order valence-electron chi connectivity index (χ3n) is 4.98. The van der Waals surface area contributed by atoms with Crippen molar-refractivity contribution in [2.45, 2.75) is 40.7 Å². The second kappa shape index (κ2) is 8.18. The highest BCUT2D eigenvalue weighted by molar-refractivity contribution is 5.96. The van der Waals surface area contributed by atoms with Crippen molar-refractivity contribution in [2.75, 3.05) is 32.7 Å². The monoisotopic (exact) mass is 387 g/mol. The quantitative estimate of drug-likeness (QED) is 0.844. The van der Waals surface area contributed by atoms with Crippen molar-refractivity contribution in [1.82, 2.24) is 24.8 Å². The van der Waals surface area contributed by atoms with E-state index in [1.54, 1.807) is 0 Å². The van der Waals surface area contributed by atoms with Crippen molar-refractivity contribution in [3.05, 3.63) is 34.8 Å². The summed E-state index contributed by atoms with van der Waals surface area (Å²) in [7, 11) is 0. The number of piperazine rings is 1. The zero-order valence-corrected chi connectivity index (χ0v) is 17.3. The molecule has 0 aliphatic carbocycles. The lowest BCUT2D eigenvalue weighted by Gasteiger charge is -2.34. The van der Waals surface area contributed by atoms with Gasteiger partial charge in [-0.15, -0.1) is 0 Å².